The van der Waals surface area contributed by atoms with Gasteiger partial charge in [-0.05, 0) is 105 Å². The Hall–Kier alpha value is -0.200. The lowest BCUT2D eigenvalue weighted by Gasteiger charge is -2.64. The highest BCUT2D eigenvalue weighted by atomic mass is 16.7. The molecule has 0 aromatic carbocycles. The molecule has 0 aromatic heterocycles. The van der Waals surface area contributed by atoms with Gasteiger partial charge in [0.15, 0.2) is 5.79 Å². The van der Waals surface area contributed by atoms with Gasteiger partial charge in [0.05, 0.1) is 23.9 Å². The fourth-order valence-corrected chi connectivity index (χ4v) is 11.0. The van der Waals surface area contributed by atoms with Gasteiger partial charge in [-0.25, -0.2) is 0 Å². The van der Waals surface area contributed by atoms with E-state index >= 15 is 0 Å². The Labute approximate surface area is 219 Å². The molecule has 0 spiro atoms. The quantitative estimate of drug-likeness (QED) is 0.374. The molecule has 1 heterocycles. The summed E-state index contributed by atoms with van der Waals surface area (Å²) in [6.45, 7) is 11.9. The third-order valence-corrected chi connectivity index (χ3v) is 13.7. The lowest BCUT2D eigenvalue weighted by molar-refractivity contribution is -0.275. The third-order valence-electron chi connectivity index (χ3n) is 13.7. The smallest absolute Gasteiger partial charge is 0.167 e. The van der Waals surface area contributed by atoms with Crippen LogP contribution in [0.3, 0.4) is 0 Å². The van der Waals surface area contributed by atoms with Crippen molar-refractivity contribution in [3.8, 4) is 0 Å². The number of aliphatic hydroxyl groups is 2. The summed E-state index contributed by atoms with van der Waals surface area (Å²) in [6.07, 6.45) is 8.84. The van der Waals surface area contributed by atoms with Gasteiger partial charge in [-0.2, -0.15) is 0 Å². The molecule has 5 nitrogen and oxygen atoms in total. The van der Waals surface area contributed by atoms with E-state index in [4.69, 9.17) is 14.2 Å². The summed E-state index contributed by atoms with van der Waals surface area (Å²) in [4.78, 5) is 0. The molecule has 6 aliphatic rings. The Kier molecular flexibility index (Phi) is 6.08. The van der Waals surface area contributed by atoms with Crippen molar-refractivity contribution in [1.82, 2.24) is 0 Å². The first-order valence-electron chi connectivity index (χ1n) is 15.1. The van der Waals surface area contributed by atoms with Crippen LogP contribution in [0.2, 0.25) is 0 Å². The third kappa shape index (κ3) is 3.51. The van der Waals surface area contributed by atoms with Crippen molar-refractivity contribution in [1.29, 1.82) is 0 Å². The molecular formula is C31H52O5. The Morgan fingerprint density at radius 2 is 1.67 bits per heavy atom. The van der Waals surface area contributed by atoms with Gasteiger partial charge in [0.2, 0.25) is 0 Å². The van der Waals surface area contributed by atoms with Gasteiger partial charge in [0.25, 0.3) is 0 Å². The second-order valence-electron chi connectivity index (χ2n) is 14.9. The highest BCUT2D eigenvalue weighted by Gasteiger charge is 2.72. The highest BCUT2D eigenvalue weighted by Crippen LogP contribution is 2.71. The van der Waals surface area contributed by atoms with Crippen molar-refractivity contribution in [2.75, 3.05) is 14.2 Å². The number of aliphatic hydroxyl groups excluding tert-OH is 2. The highest BCUT2D eigenvalue weighted by molar-refractivity contribution is 5.20. The molecule has 36 heavy (non-hydrogen) atoms. The average molecular weight is 505 g/mol. The van der Waals surface area contributed by atoms with E-state index in [1.165, 1.54) is 6.42 Å². The number of fused-ring (bicyclic) bond motifs is 5. The molecule has 0 radical (unpaired) electrons. The van der Waals surface area contributed by atoms with Crippen LogP contribution in [0.1, 0.15) is 92.4 Å². The first-order chi connectivity index (χ1) is 16.9. The lowest BCUT2D eigenvalue weighted by atomic mass is 9.42. The van der Waals surface area contributed by atoms with Crippen molar-refractivity contribution >= 4 is 0 Å². The van der Waals surface area contributed by atoms with E-state index in [-0.39, 0.29) is 34.6 Å². The van der Waals surface area contributed by atoms with Gasteiger partial charge in [-0.15, -0.1) is 0 Å². The number of hydrogen-bond donors (Lipinski definition) is 2. The first-order valence-corrected chi connectivity index (χ1v) is 15.1. The molecule has 206 valence electrons. The van der Waals surface area contributed by atoms with Crippen LogP contribution in [0.25, 0.3) is 0 Å². The maximum atomic E-state index is 11.9. The summed E-state index contributed by atoms with van der Waals surface area (Å²) >= 11 is 0. The normalized spacial score (nSPS) is 57.9. The second kappa shape index (κ2) is 8.40. The van der Waals surface area contributed by atoms with E-state index < -0.39 is 5.79 Å². The van der Waals surface area contributed by atoms with Crippen molar-refractivity contribution < 1.29 is 24.4 Å². The summed E-state index contributed by atoms with van der Waals surface area (Å²) in [5.41, 5.74) is -0.177. The van der Waals surface area contributed by atoms with Gasteiger partial charge >= 0.3 is 0 Å². The van der Waals surface area contributed by atoms with Crippen molar-refractivity contribution in [2.45, 2.75) is 122 Å². The fourth-order valence-electron chi connectivity index (χ4n) is 11.0. The van der Waals surface area contributed by atoms with Crippen LogP contribution in [-0.4, -0.2) is 54.1 Å². The summed E-state index contributed by atoms with van der Waals surface area (Å²) < 4.78 is 18.3. The van der Waals surface area contributed by atoms with Crippen LogP contribution in [-0.2, 0) is 14.2 Å². The molecular weight excluding hydrogens is 452 g/mol. The molecule has 6 rings (SSSR count). The number of hydrogen-bond acceptors (Lipinski definition) is 5. The Balaban J connectivity index is 1.23. The maximum Gasteiger partial charge on any atom is 0.167 e. The zero-order valence-electron chi connectivity index (χ0n) is 23.8. The molecule has 2 N–H and O–H groups in total. The summed E-state index contributed by atoms with van der Waals surface area (Å²) in [7, 11) is 3.50. The maximum absolute atomic E-state index is 11.9. The zero-order chi connectivity index (χ0) is 25.8. The van der Waals surface area contributed by atoms with Crippen molar-refractivity contribution in [3.63, 3.8) is 0 Å². The minimum absolute atomic E-state index is 0.114. The van der Waals surface area contributed by atoms with E-state index in [9.17, 15) is 10.2 Å². The van der Waals surface area contributed by atoms with Crippen LogP contribution in [0.4, 0.5) is 0 Å². The molecule has 0 bridgehead atoms. The second-order valence-corrected chi connectivity index (χ2v) is 14.9. The molecule has 1 saturated heterocycles. The van der Waals surface area contributed by atoms with E-state index in [1.807, 2.05) is 0 Å². The molecule has 5 heteroatoms. The standard InChI is InChI=1S/C31H52O5/c1-17-12-20(17)18(2)13-26-30(5,36-26)24-9-8-21-27-22(15-25(33)29(21,24)4)28(3)10-11-31(34-6,35-7)16-19(28)14-23(27)32/h17-27,32-33H,8-16H2,1-7H3/t17-,18-,19+,20-,21+,22+,23-,24+,25-,26+,27+,28+,29+,30+/m1/s1. The van der Waals surface area contributed by atoms with Crippen molar-refractivity contribution in [2.24, 2.45) is 58.2 Å². The predicted molar refractivity (Wildman–Crippen MR) is 139 cm³/mol. The zero-order valence-corrected chi connectivity index (χ0v) is 23.8. The van der Waals surface area contributed by atoms with E-state index in [1.54, 1.807) is 14.2 Å². The molecule has 6 fully saturated rings. The molecule has 5 aliphatic carbocycles. The molecule has 14 atom stereocenters. The number of methoxy groups -OCH3 is 2. The van der Waals surface area contributed by atoms with Gasteiger partial charge in [0, 0.05) is 32.5 Å². The molecule has 5 saturated carbocycles. The number of ether oxygens (including phenoxy) is 3. The van der Waals surface area contributed by atoms with Gasteiger partial charge < -0.3 is 24.4 Å². The van der Waals surface area contributed by atoms with Gasteiger partial charge in [0.1, 0.15) is 0 Å². The first kappa shape index (κ1) is 26.0. The molecule has 0 aromatic rings. The van der Waals surface area contributed by atoms with Gasteiger partial charge in [-0.1, -0.05) is 27.7 Å². The van der Waals surface area contributed by atoms with E-state index in [0.29, 0.717) is 29.8 Å². The Morgan fingerprint density at radius 3 is 2.31 bits per heavy atom. The monoisotopic (exact) mass is 504 g/mol. The molecule has 0 amide bonds. The summed E-state index contributed by atoms with van der Waals surface area (Å²) in [5.74, 6) is 3.68. The fraction of sp³-hybridized carbons (Fsp3) is 1.00. The number of epoxide rings is 1. The predicted octanol–water partition coefficient (Wildman–Crippen LogP) is 5.42. The minimum Gasteiger partial charge on any atom is -0.393 e. The average Bonchev–Trinajstić information content (AvgIpc) is 3.69. The topological polar surface area (TPSA) is 71.5 Å². The summed E-state index contributed by atoms with van der Waals surface area (Å²) in [5, 5.41) is 23.6. The Morgan fingerprint density at radius 1 is 0.972 bits per heavy atom. The Bertz CT molecular complexity index is 858. The SMILES string of the molecule is COC1(OC)CC[C@@]2(C)[C@@H](C[C@@H](O)[C@@H]3[C@@H]2C[C@@H](O)[C@]2(C)[C@@H]([C@]4(C)O[C@H]4C[C@@H](C)[C@@H]4C[C@H]4C)CC[C@@H]32)C1. The van der Waals surface area contributed by atoms with Crippen LogP contribution in [0, 0.1) is 58.2 Å². The van der Waals surface area contributed by atoms with Gasteiger partial charge in [-0.3, -0.25) is 0 Å². The number of rotatable bonds is 6. The van der Waals surface area contributed by atoms with Crippen LogP contribution < -0.4 is 0 Å². The molecule has 0 unspecified atom stereocenters. The van der Waals surface area contributed by atoms with Crippen molar-refractivity contribution in [3.05, 3.63) is 0 Å². The minimum atomic E-state index is -0.528. The van der Waals surface area contributed by atoms with Crippen LogP contribution in [0.5, 0.6) is 0 Å². The van der Waals surface area contributed by atoms with Crippen LogP contribution in [0.15, 0.2) is 0 Å². The van der Waals surface area contributed by atoms with E-state index in [2.05, 4.69) is 34.6 Å². The lowest BCUT2D eigenvalue weighted by Crippen LogP contribution is -2.64. The van der Waals surface area contributed by atoms with E-state index in [0.717, 1.165) is 69.1 Å². The largest absolute Gasteiger partial charge is 0.393 e. The summed E-state index contributed by atoms with van der Waals surface area (Å²) in [6, 6.07) is 0. The van der Waals surface area contributed by atoms with Crippen LogP contribution >= 0.6 is 0 Å². The molecule has 1 aliphatic heterocycles.